The number of benzene rings is 2. The molecular formula is C18H23O. The molecule has 101 valence electrons. The zero-order valence-electron chi connectivity index (χ0n) is 11.6. The molecule has 0 spiro atoms. The van der Waals surface area contributed by atoms with Crippen molar-refractivity contribution < 1.29 is 5.11 Å². The molecule has 0 N–H and O–H groups in total. The summed E-state index contributed by atoms with van der Waals surface area (Å²) >= 11 is 0. The molecule has 2 aromatic carbocycles. The smallest absolute Gasteiger partial charge is 0.0822 e. The van der Waals surface area contributed by atoms with Crippen LogP contribution in [0, 0.1) is 0 Å². The highest BCUT2D eigenvalue weighted by Crippen LogP contribution is 2.17. The fourth-order valence-corrected chi connectivity index (χ4v) is 2.53. The van der Waals surface area contributed by atoms with Crippen LogP contribution in [0.1, 0.15) is 44.1 Å². The van der Waals surface area contributed by atoms with Gasteiger partial charge in [0.1, 0.15) is 0 Å². The predicted molar refractivity (Wildman–Crippen MR) is 80.9 cm³/mol. The Labute approximate surface area is 116 Å². The van der Waals surface area contributed by atoms with Crippen LogP contribution in [0.15, 0.2) is 42.5 Å². The van der Waals surface area contributed by atoms with E-state index in [-0.39, 0.29) is 6.61 Å². The van der Waals surface area contributed by atoms with Crippen LogP contribution < -0.4 is 0 Å². The molecule has 2 aromatic rings. The minimum Gasteiger partial charge on any atom is -0.237 e. The number of rotatable bonds is 8. The third kappa shape index (κ3) is 4.68. The molecule has 0 fully saturated rings. The van der Waals surface area contributed by atoms with Crippen molar-refractivity contribution in [1.82, 2.24) is 0 Å². The van der Waals surface area contributed by atoms with Crippen LogP contribution in [0.3, 0.4) is 0 Å². The monoisotopic (exact) mass is 255 g/mol. The first-order chi connectivity index (χ1) is 9.40. The zero-order valence-corrected chi connectivity index (χ0v) is 11.6. The average Bonchev–Trinajstić information content (AvgIpc) is 2.46. The van der Waals surface area contributed by atoms with Crippen LogP contribution >= 0.6 is 0 Å². The standard InChI is InChI=1S/C18H23O/c19-14-8-4-2-1-3-5-9-16-12-13-17-10-6-7-11-18(17)15-16/h6-7,10-13,15H,1-5,8-9,14H2. The van der Waals surface area contributed by atoms with E-state index in [9.17, 15) is 5.11 Å². The van der Waals surface area contributed by atoms with Crippen LogP contribution in [-0.4, -0.2) is 6.61 Å². The molecule has 0 bridgehead atoms. The van der Waals surface area contributed by atoms with Crippen molar-refractivity contribution in [2.24, 2.45) is 0 Å². The van der Waals surface area contributed by atoms with E-state index in [0.717, 1.165) is 12.8 Å². The van der Waals surface area contributed by atoms with Gasteiger partial charge in [0.05, 0.1) is 6.61 Å². The molecule has 0 atom stereocenters. The van der Waals surface area contributed by atoms with Crippen LogP contribution in [0.2, 0.25) is 0 Å². The summed E-state index contributed by atoms with van der Waals surface area (Å²) in [6, 6.07) is 15.3. The van der Waals surface area contributed by atoms with Crippen molar-refractivity contribution in [2.45, 2.75) is 44.9 Å². The van der Waals surface area contributed by atoms with E-state index in [4.69, 9.17) is 0 Å². The van der Waals surface area contributed by atoms with Gasteiger partial charge in [0.15, 0.2) is 0 Å². The summed E-state index contributed by atoms with van der Waals surface area (Å²) in [6.45, 7) is 0.0943. The number of hydrogen-bond acceptors (Lipinski definition) is 0. The normalized spacial score (nSPS) is 11.0. The Bertz CT molecular complexity index is 490. The first kappa shape index (κ1) is 14.1. The van der Waals surface area contributed by atoms with Crippen LogP contribution in [0.5, 0.6) is 0 Å². The van der Waals surface area contributed by atoms with Gasteiger partial charge in [0, 0.05) is 0 Å². The Balaban J connectivity index is 1.72. The molecule has 0 aliphatic rings. The number of aryl methyl sites for hydroxylation is 1. The molecular weight excluding hydrogens is 232 g/mol. The van der Waals surface area contributed by atoms with Crippen molar-refractivity contribution in [3.8, 4) is 0 Å². The summed E-state index contributed by atoms with van der Waals surface area (Å²) in [4.78, 5) is 0. The molecule has 0 aromatic heterocycles. The highest BCUT2D eigenvalue weighted by atomic mass is 16.2. The summed E-state index contributed by atoms with van der Waals surface area (Å²) in [5, 5.41) is 13.0. The Hall–Kier alpha value is -1.34. The van der Waals surface area contributed by atoms with Gasteiger partial charge in [-0.05, 0) is 35.6 Å². The van der Waals surface area contributed by atoms with Gasteiger partial charge in [-0.3, -0.25) is 0 Å². The fraction of sp³-hybridized carbons (Fsp3) is 0.444. The van der Waals surface area contributed by atoms with Gasteiger partial charge in [-0.2, -0.15) is 0 Å². The molecule has 0 unspecified atom stereocenters. The van der Waals surface area contributed by atoms with E-state index in [2.05, 4.69) is 42.5 Å². The van der Waals surface area contributed by atoms with Crippen molar-refractivity contribution >= 4 is 10.8 Å². The highest BCUT2D eigenvalue weighted by molar-refractivity contribution is 5.82. The van der Waals surface area contributed by atoms with Crippen molar-refractivity contribution in [3.63, 3.8) is 0 Å². The summed E-state index contributed by atoms with van der Waals surface area (Å²) in [6.07, 6.45) is 8.17. The first-order valence-electron chi connectivity index (χ1n) is 7.46. The lowest BCUT2D eigenvalue weighted by Gasteiger charge is -2.04. The van der Waals surface area contributed by atoms with Crippen molar-refractivity contribution in [3.05, 3.63) is 48.0 Å². The maximum Gasteiger partial charge on any atom is 0.0822 e. The van der Waals surface area contributed by atoms with Gasteiger partial charge in [0.25, 0.3) is 0 Å². The molecule has 0 heterocycles. The molecule has 1 radical (unpaired) electrons. The van der Waals surface area contributed by atoms with Gasteiger partial charge in [-0.25, -0.2) is 5.11 Å². The average molecular weight is 255 g/mol. The van der Waals surface area contributed by atoms with Crippen molar-refractivity contribution in [2.75, 3.05) is 6.61 Å². The lowest BCUT2D eigenvalue weighted by molar-refractivity contribution is 0.186. The van der Waals surface area contributed by atoms with Crippen LogP contribution in [0.4, 0.5) is 0 Å². The van der Waals surface area contributed by atoms with Crippen LogP contribution in [-0.2, 0) is 11.5 Å². The fourth-order valence-electron chi connectivity index (χ4n) is 2.53. The number of hydrogen-bond donors (Lipinski definition) is 0. The Morgan fingerprint density at radius 1 is 0.684 bits per heavy atom. The van der Waals surface area contributed by atoms with E-state index >= 15 is 0 Å². The van der Waals surface area contributed by atoms with Gasteiger partial charge < -0.3 is 0 Å². The van der Waals surface area contributed by atoms with Crippen LogP contribution in [0.25, 0.3) is 10.8 Å². The second-order valence-corrected chi connectivity index (χ2v) is 5.26. The molecule has 1 heteroatoms. The molecule has 0 aliphatic carbocycles. The lowest BCUT2D eigenvalue weighted by Crippen LogP contribution is -1.87. The molecule has 0 aliphatic heterocycles. The molecule has 2 rings (SSSR count). The molecule has 0 amide bonds. The summed E-state index contributed by atoms with van der Waals surface area (Å²) < 4.78 is 0. The Morgan fingerprint density at radius 3 is 2.16 bits per heavy atom. The summed E-state index contributed by atoms with van der Waals surface area (Å²) in [7, 11) is 0. The second-order valence-electron chi connectivity index (χ2n) is 5.26. The zero-order chi connectivity index (χ0) is 13.3. The maximum absolute atomic E-state index is 10.3. The Morgan fingerprint density at radius 2 is 1.37 bits per heavy atom. The van der Waals surface area contributed by atoms with Gasteiger partial charge in [-0.15, -0.1) is 0 Å². The summed E-state index contributed by atoms with van der Waals surface area (Å²) in [5.41, 5.74) is 1.44. The van der Waals surface area contributed by atoms with Gasteiger partial charge in [0.2, 0.25) is 0 Å². The van der Waals surface area contributed by atoms with E-state index < -0.39 is 0 Å². The maximum atomic E-state index is 10.3. The minimum atomic E-state index is 0.0943. The lowest BCUT2D eigenvalue weighted by atomic mass is 10.0. The summed E-state index contributed by atoms with van der Waals surface area (Å²) in [5.74, 6) is 0. The van der Waals surface area contributed by atoms with E-state index in [0.29, 0.717) is 0 Å². The first-order valence-corrected chi connectivity index (χ1v) is 7.46. The molecule has 19 heavy (non-hydrogen) atoms. The largest absolute Gasteiger partial charge is 0.237 e. The third-order valence-corrected chi connectivity index (χ3v) is 3.67. The molecule has 1 nitrogen and oxygen atoms in total. The molecule has 0 saturated heterocycles. The van der Waals surface area contributed by atoms with E-state index in [1.54, 1.807) is 0 Å². The predicted octanol–water partition coefficient (Wildman–Crippen LogP) is 5.15. The quantitative estimate of drug-likeness (QED) is 0.581. The topological polar surface area (TPSA) is 19.9 Å². The minimum absolute atomic E-state index is 0.0943. The van der Waals surface area contributed by atoms with Gasteiger partial charge >= 0.3 is 0 Å². The van der Waals surface area contributed by atoms with E-state index in [1.165, 1.54) is 48.4 Å². The van der Waals surface area contributed by atoms with E-state index in [1.807, 2.05) is 0 Å². The number of unbranched alkanes of at least 4 members (excludes halogenated alkanes) is 5. The number of fused-ring (bicyclic) bond motifs is 1. The third-order valence-electron chi connectivity index (χ3n) is 3.67. The molecule has 0 saturated carbocycles. The highest BCUT2D eigenvalue weighted by Gasteiger charge is 1.97. The SMILES string of the molecule is [O]CCCCCCCCc1ccc2ccccc2c1. The van der Waals surface area contributed by atoms with Gasteiger partial charge in [-0.1, -0.05) is 68.1 Å². The second kappa shape index (κ2) is 7.96. The Kier molecular flexibility index (Phi) is 5.90. The van der Waals surface area contributed by atoms with Crippen molar-refractivity contribution in [1.29, 1.82) is 0 Å².